The average molecular weight is 261 g/mol. The van der Waals surface area contributed by atoms with E-state index in [9.17, 15) is 14.5 Å². The van der Waals surface area contributed by atoms with Crippen molar-refractivity contribution in [2.24, 2.45) is 0 Å². The van der Waals surface area contributed by atoms with Crippen molar-refractivity contribution in [3.63, 3.8) is 0 Å². The van der Waals surface area contributed by atoms with Crippen LogP contribution in [0.3, 0.4) is 0 Å². The quantitative estimate of drug-likeness (QED) is 0.503. The molecule has 6 heteroatoms. The second kappa shape index (κ2) is 5.34. The number of halogens is 1. The van der Waals surface area contributed by atoms with E-state index in [1.54, 1.807) is 24.3 Å². The summed E-state index contributed by atoms with van der Waals surface area (Å²) < 4.78 is 13.0. The van der Waals surface area contributed by atoms with Crippen LogP contribution in [0.1, 0.15) is 5.56 Å². The normalized spacial score (nSPS) is 10.2. The molecule has 2 aromatic carbocycles. The third-order valence-corrected chi connectivity index (χ3v) is 2.62. The van der Waals surface area contributed by atoms with E-state index < -0.39 is 4.92 Å². The lowest BCUT2D eigenvalue weighted by molar-refractivity contribution is -0.383. The predicted molar refractivity (Wildman–Crippen MR) is 71.2 cm³/mol. The fraction of sp³-hybridized carbons (Fsp3) is 0.0769. The van der Waals surface area contributed by atoms with Crippen molar-refractivity contribution < 1.29 is 9.31 Å². The molecule has 98 valence electrons. The highest BCUT2D eigenvalue weighted by Gasteiger charge is 2.17. The largest absolute Gasteiger partial charge is 0.393 e. The van der Waals surface area contributed by atoms with Gasteiger partial charge >= 0.3 is 5.69 Å². The maximum absolute atomic E-state index is 13.0. The molecular formula is C13H12FN3O2. The number of hydrogen-bond donors (Lipinski definition) is 2. The molecular weight excluding hydrogens is 249 g/mol. The summed E-state index contributed by atoms with van der Waals surface area (Å²) in [4.78, 5) is 10.4. The highest BCUT2D eigenvalue weighted by Crippen LogP contribution is 2.30. The van der Waals surface area contributed by atoms with Crippen molar-refractivity contribution in [3.05, 3.63) is 64.0 Å². The van der Waals surface area contributed by atoms with E-state index in [2.05, 4.69) is 5.32 Å². The fourth-order valence-electron chi connectivity index (χ4n) is 1.75. The molecule has 2 rings (SSSR count). The van der Waals surface area contributed by atoms with Gasteiger partial charge in [-0.15, -0.1) is 0 Å². The van der Waals surface area contributed by atoms with Gasteiger partial charge in [0.05, 0.1) is 4.92 Å². The molecule has 0 aliphatic heterocycles. The molecule has 0 aliphatic carbocycles. The first-order chi connectivity index (χ1) is 9.08. The minimum absolute atomic E-state index is 0.0919. The third kappa shape index (κ3) is 2.98. The minimum Gasteiger partial charge on any atom is -0.393 e. The summed E-state index contributed by atoms with van der Waals surface area (Å²) in [6.45, 7) is 0.280. The van der Waals surface area contributed by atoms with Crippen molar-refractivity contribution in [3.8, 4) is 0 Å². The van der Waals surface area contributed by atoms with Crippen LogP contribution in [-0.4, -0.2) is 4.92 Å². The van der Waals surface area contributed by atoms with Crippen LogP contribution in [0, 0.1) is 15.9 Å². The Labute approximate surface area is 109 Å². The van der Waals surface area contributed by atoms with E-state index in [0.717, 1.165) is 0 Å². The van der Waals surface area contributed by atoms with Crippen LogP contribution in [0.15, 0.2) is 42.5 Å². The van der Waals surface area contributed by atoms with E-state index in [1.165, 1.54) is 18.2 Å². The van der Waals surface area contributed by atoms with Gasteiger partial charge in [0, 0.05) is 6.54 Å². The summed E-state index contributed by atoms with van der Waals surface area (Å²) in [5.74, 6) is -0.346. The van der Waals surface area contributed by atoms with Gasteiger partial charge in [-0.25, -0.2) is 4.39 Å². The van der Waals surface area contributed by atoms with Crippen LogP contribution < -0.4 is 11.1 Å². The number of nitrogen functional groups attached to an aromatic ring is 1. The molecule has 19 heavy (non-hydrogen) atoms. The standard InChI is InChI=1S/C13H12FN3O2/c14-10-4-1-3-9(7-10)8-16-12-6-2-5-11(15)13(12)17(18)19/h1-7,16H,8,15H2. The summed E-state index contributed by atoms with van der Waals surface area (Å²) in [5.41, 5.74) is 6.50. The predicted octanol–water partition coefficient (Wildman–Crippen LogP) is 2.93. The van der Waals surface area contributed by atoms with Gasteiger partial charge in [0.25, 0.3) is 0 Å². The Kier molecular flexibility index (Phi) is 3.61. The van der Waals surface area contributed by atoms with Crippen molar-refractivity contribution >= 4 is 17.1 Å². The second-order valence-electron chi connectivity index (χ2n) is 3.98. The van der Waals surface area contributed by atoms with Gasteiger partial charge in [-0.1, -0.05) is 18.2 Å². The Morgan fingerprint density at radius 3 is 2.68 bits per heavy atom. The maximum atomic E-state index is 13.0. The smallest absolute Gasteiger partial charge is 0.314 e. The van der Waals surface area contributed by atoms with Crippen LogP contribution in [0.25, 0.3) is 0 Å². The first-order valence-corrected chi connectivity index (χ1v) is 5.59. The van der Waals surface area contributed by atoms with Gasteiger partial charge in [-0.2, -0.15) is 0 Å². The number of nitrogens with zero attached hydrogens (tertiary/aromatic N) is 1. The Hall–Kier alpha value is -2.63. The SMILES string of the molecule is Nc1cccc(NCc2cccc(F)c2)c1[N+](=O)[O-]. The number of para-hydroxylation sites is 1. The first-order valence-electron chi connectivity index (χ1n) is 5.59. The van der Waals surface area contributed by atoms with Gasteiger partial charge in [0.1, 0.15) is 17.2 Å². The van der Waals surface area contributed by atoms with Crippen LogP contribution in [0.5, 0.6) is 0 Å². The summed E-state index contributed by atoms with van der Waals surface area (Å²) >= 11 is 0. The zero-order valence-corrected chi connectivity index (χ0v) is 9.97. The lowest BCUT2D eigenvalue weighted by Gasteiger charge is -2.08. The first kappa shape index (κ1) is 12.8. The molecule has 0 radical (unpaired) electrons. The number of nitrogens with two attached hydrogens (primary N) is 1. The number of rotatable bonds is 4. The van der Waals surface area contributed by atoms with Gasteiger partial charge in [-0.3, -0.25) is 10.1 Å². The molecule has 0 aromatic heterocycles. The minimum atomic E-state index is -0.538. The van der Waals surface area contributed by atoms with E-state index in [0.29, 0.717) is 11.3 Å². The van der Waals surface area contributed by atoms with Crippen LogP contribution in [0.2, 0.25) is 0 Å². The van der Waals surface area contributed by atoms with Crippen molar-refractivity contribution in [1.29, 1.82) is 0 Å². The van der Waals surface area contributed by atoms with Crippen molar-refractivity contribution in [2.75, 3.05) is 11.1 Å². The van der Waals surface area contributed by atoms with Crippen LogP contribution >= 0.6 is 0 Å². The van der Waals surface area contributed by atoms with Crippen LogP contribution in [0.4, 0.5) is 21.5 Å². The monoisotopic (exact) mass is 261 g/mol. The Balaban J connectivity index is 2.20. The molecule has 0 atom stereocenters. The van der Waals surface area contributed by atoms with E-state index in [-0.39, 0.29) is 23.7 Å². The number of nitro benzene ring substituents is 1. The topological polar surface area (TPSA) is 81.2 Å². The van der Waals surface area contributed by atoms with Gasteiger partial charge < -0.3 is 11.1 Å². The number of benzene rings is 2. The molecule has 0 heterocycles. The molecule has 0 spiro atoms. The van der Waals surface area contributed by atoms with Crippen LogP contribution in [-0.2, 0) is 6.54 Å². The molecule has 0 aliphatic rings. The molecule has 0 unspecified atom stereocenters. The Bertz CT molecular complexity index is 617. The third-order valence-electron chi connectivity index (χ3n) is 2.62. The van der Waals surface area contributed by atoms with Crippen molar-refractivity contribution in [2.45, 2.75) is 6.54 Å². The summed E-state index contributed by atoms with van der Waals surface area (Å²) in [6.07, 6.45) is 0. The molecule has 0 amide bonds. The summed E-state index contributed by atoms with van der Waals surface area (Å²) in [7, 11) is 0. The Morgan fingerprint density at radius 2 is 2.00 bits per heavy atom. The average Bonchev–Trinajstić information content (AvgIpc) is 2.36. The lowest BCUT2D eigenvalue weighted by Crippen LogP contribution is -2.04. The second-order valence-corrected chi connectivity index (χ2v) is 3.98. The zero-order chi connectivity index (χ0) is 13.8. The lowest BCUT2D eigenvalue weighted by atomic mass is 10.2. The maximum Gasteiger partial charge on any atom is 0.314 e. The summed E-state index contributed by atoms with van der Waals surface area (Å²) in [5, 5.41) is 13.8. The molecule has 3 N–H and O–H groups in total. The van der Waals surface area contributed by atoms with Gasteiger partial charge in [0.15, 0.2) is 0 Å². The number of nitrogens with one attached hydrogen (secondary N) is 1. The van der Waals surface area contributed by atoms with Crippen molar-refractivity contribution in [1.82, 2.24) is 0 Å². The molecule has 0 fully saturated rings. The zero-order valence-electron chi connectivity index (χ0n) is 9.97. The number of anilines is 2. The number of nitro groups is 1. The van der Waals surface area contributed by atoms with E-state index >= 15 is 0 Å². The highest BCUT2D eigenvalue weighted by atomic mass is 19.1. The fourth-order valence-corrected chi connectivity index (χ4v) is 1.75. The highest BCUT2D eigenvalue weighted by molar-refractivity contribution is 5.74. The number of hydrogen-bond acceptors (Lipinski definition) is 4. The molecule has 0 saturated carbocycles. The summed E-state index contributed by atoms with van der Waals surface area (Å²) in [6, 6.07) is 10.7. The molecule has 0 saturated heterocycles. The molecule has 2 aromatic rings. The molecule has 5 nitrogen and oxygen atoms in total. The molecule has 0 bridgehead atoms. The van der Waals surface area contributed by atoms with E-state index in [4.69, 9.17) is 5.73 Å². The Morgan fingerprint density at radius 1 is 1.26 bits per heavy atom. The van der Waals surface area contributed by atoms with Gasteiger partial charge in [0.2, 0.25) is 0 Å². The van der Waals surface area contributed by atoms with E-state index in [1.807, 2.05) is 0 Å². The van der Waals surface area contributed by atoms with Gasteiger partial charge in [-0.05, 0) is 29.8 Å².